The number of benzene rings is 2. The minimum atomic E-state index is -1.18. The Morgan fingerprint density at radius 2 is 1.54 bits per heavy atom. The highest BCUT2D eigenvalue weighted by atomic mass is 16.7. The molecule has 2 amide bonds. The molecular weight excluding hydrogens is 451 g/mol. The molecule has 1 atom stereocenters. The Bertz CT molecular complexity index is 1030. The van der Waals surface area contributed by atoms with Gasteiger partial charge in [-0.1, -0.05) is 54.6 Å². The van der Waals surface area contributed by atoms with Crippen LogP contribution in [0.25, 0.3) is 0 Å². The maximum Gasteiger partial charge on any atom is 0.494 e. The molecule has 10 heteroatoms. The van der Waals surface area contributed by atoms with Crippen LogP contribution in [-0.4, -0.2) is 54.0 Å². The number of amides is 2. The average molecular weight is 482 g/mol. The van der Waals surface area contributed by atoms with Crippen molar-refractivity contribution in [3.8, 4) is 0 Å². The van der Waals surface area contributed by atoms with Gasteiger partial charge in [-0.2, -0.15) is 0 Å². The zero-order valence-corrected chi connectivity index (χ0v) is 20.4. The molecule has 1 saturated heterocycles. The minimum absolute atomic E-state index is 0.0635. The van der Waals surface area contributed by atoms with E-state index in [4.69, 9.17) is 14.0 Å². The van der Waals surface area contributed by atoms with E-state index in [1.54, 1.807) is 24.3 Å². The lowest BCUT2D eigenvalue weighted by molar-refractivity contribution is -0.141. The summed E-state index contributed by atoms with van der Waals surface area (Å²) >= 11 is 0. The third-order valence-electron chi connectivity index (χ3n) is 6.18. The number of carbonyl (C=O) groups is 3. The van der Waals surface area contributed by atoms with Crippen LogP contribution in [0.3, 0.4) is 0 Å². The summed E-state index contributed by atoms with van der Waals surface area (Å²) in [6.07, 6.45) is -0.697. The summed E-state index contributed by atoms with van der Waals surface area (Å²) in [7, 11) is -0.517. The Balaban J connectivity index is 1.48. The fourth-order valence-corrected chi connectivity index (χ4v) is 3.40. The lowest BCUT2D eigenvalue weighted by atomic mass is 9.78. The Hall–Kier alpha value is -3.37. The van der Waals surface area contributed by atoms with Gasteiger partial charge in [0.15, 0.2) is 0 Å². The van der Waals surface area contributed by atoms with Gasteiger partial charge in [0.1, 0.15) is 19.2 Å². The molecule has 1 fully saturated rings. The number of hydrogen-bond acceptors (Lipinski definition) is 6. The fourth-order valence-electron chi connectivity index (χ4n) is 3.40. The second kappa shape index (κ2) is 10.9. The number of rotatable bonds is 9. The van der Waals surface area contributed by atoms with E-state index < -0.39 is 48.9 Å². The zero-order chi connectivity index (χ0) is 25.6. The largest absolute Gasteiger partial charge is 0.494 e. The molecule has 3 N–H and O–H groups in total. The van der Waals surface area contributed by atoms with Crippen LogP contribution in [0.1, 0.15) is 38.8 Å². The molecule has 0 unspecified atom stereocenters. The van der Waals surface area contributed by atoms with E-state index in [0.717, 1.165) is 11.0 Å². The Labute approximate surface area is 205 Å². The van der Waals surface area contributed by atoms with Gasteiger partial charge in [-0.25, -0.2) is 9.59 Å². The van der Waals surface area contributed by atoms with Crippen molar-refractivity contribution in [2.45, 2.75) is 58.0 Å². The number of carboxylic acids is 1. The molecule has 0 bridgehead atoms. The van der Waals surface area contributed by atoms with Crippen molar-refractivity contribution in [2.75, 3.05) is 6.54 Å². The van der Waals surface area contributed by atoms with E-state index in [1.165, 1.54) is 0 Å². The quantitative estimate of drug-likeness (QED) is 0.468. The van der Waals surface area contributed by atoms with Gasteiger partial charge in [0.25, 0.3) is 0 Å². The lowest BCUT2D eigenvalue weighted by Crippen LogP contribution is -2.46. The minimum Gasteiger partial charge on any atom is -0.480 e. The monoisotopic (exact) mass is 482 g/mol. The van der Waals surface area contributed by atoms with Gasteiger partial charge < -0.3 is 29.8 Å². The highest BCUT2D eigenvalue weighted by Crippen LogP contribution is 2.36. The van der Waals surface area contributed by atoms with Crippen LogP contribution in [0.2, 0.25) is 0 Å². The molecule has 2 aromatic rings. The first-order chi connectivity index (χ1) is 16.5. The molecule has 35 heavy (non-hydrogen) atoms. The summed E-state index contributed by atoms with van der Waals surface area (Å²) in [6, 6.07) is 15.1. The number of alkyl carbamates (subject to hydrolysis) is 1. The van der Waals surface area contributed by atoms with Crippen molar-refractivity contribution in [1.29, 1.82) is 0 Å². The molecule has 0 aromatic heterocycles. The summed E-state index contributed by atoms with van der Waals surface area (Å²) in [4.78, 5) is 35.7. The van der Waals surface area contributed by atoms with Crippen LogP contribution in [0, 0.1) is 0 Å². The van der Waals surface area contributed by atoms with Crippen molar-refractivity contribution in [1.82, 2.24) is 10.6 Å². The van der Waals surface area contributed by atoms with E-state index in [9.17, 15) is 19.5 Å². The van der Waals surface area contributed by atoms with Gasteiger partial charge in [-0.05, 0) is 44.3 Å². The van der Waals surface area contributed by atoms with E-state index in [2.05, 4.69) is 10.6 Å². The Kier molecular flexibility index (Phi) is 8.19. The highest BCUT2D eigenvalue weighted by Gasteiger charge is 2.51. The molecule has 0 radical (unpaired) electrons. The van der Waals surface area contributed by atoms with Crippen LogP contribution in [0.5, 0.6) is 0 Å². The molecule has 1 heterocycles. The van der Waals surface area contributed by atoms with Crippen LogP contribution in [0.15, 0.2) is 54.6 Å². The van der Waals surface area contributed by atoms with E-state index in [-0.39, 0.29) is 13.0 Å². The first-order valence-corrected chi connectivity index (χ1v) is 11.4. The summed E-state index contributed by atoms with van der Waals surface area (Å²) in [5.74, 6) is -1.82. The smallest absolute Gasteiger partial charge is 0.480 e. The van der Waals surface area contributed by atoms with Gasteiger partial charge in [-0.15, -0.1) is 0 Å². The Morgan fingerprint density at radius 3 is 2.11 bits per heavy atom. The third kappa shape index (κ3) is 7.06. The van der Waals surface area contributed by atoms with Crippen LogP contribution >= 0.6 is 0 Å². The number of aliphatic carboxylic acids is 1. The molecule has 0 spiro atoms. The first kappa shape index (κ1) is 26.2. The normalized spacial score (nSPS) is 16.9. The van der Waals surface area contributed by atoms with Crippen LogP contribution in [-0.2, 0) is 36.7 Å². The third-order valence-corrected chi connectivity index (χ3v) is 6.18. The van der Waals surface area contributed by atoms with Gasteiger partial charge in [0.2, 0.25) is 5.91 Å². The van der Waals surface area contributed by atoms with Crippen molar-refractivity contribution < 1.29 is 33.5 Å². The van der Waals surface area contributed by atoms with Gasteiger partial charge in [0.05, 0.1) is 11.2 Å². The van der Waals surface area contributed by atoms with Crippen molar-refractivity contribution >= 4 is 30.6 Å². The summed E-state index contributed by atoms with van der Waals surface area (Å²) < 4.78 is 17.1. The molecule has 2 aromatic carbocycles. The number of nitrogens with one attached hydrogen (secondary N) is 2. The second-order valence-corrected chi connectivity index (χ2v) is 9.41. The molecule has 1 aliphatic rings. The molecule has 1 aliphatic heterocycles. The zero-order valence-electron chi connectivity index (χ0n) is 20.4. The predicted molar refractivity (Wildman–Crippen MR) is 130 cm³/mol. The average Bonchev–Trinajstić information content (AvgIpc) is 3.03. The maximum absolute atomic E-state index is 12.2. The molecular formula is C25H31BN2O7. The van der Waals surface area contributed by atoms with Crippen LogP contribution < -0.4 is 16.1 Å². The summed E-state index contributed by atoms with van der Waals surface area (Å²) in [5.41, 5.74) is 1.42. The second-order valence-electron chi connectivity index (χ2n) is 9.41. The standard InChI is InChI=1S/C25H31BN2O7/c1-24(2)25(3,4)35-26(34-24)19-12-10-17(11-13-19)14-20(22(30)31)28-21(29)15-27-23(32)33-16-18-8-6-5-7-9-18/h5-13,20H,14-16H2,1-4H3,(H,27,32)(H,28,29)(H,30,31)/t20-/m1/s1. The van der Waals surface area contributed by atoms with Gasteiger partial charge in [-0.3, -0.25) is 4.79 Å². The van der Waals surface area contributed by atoms with Gasteiger partial charge in [0, 0.05) is 6.42 Å². The number of ether oxygens (including phenoxy) is 1. The van der Waals surface area contributed by atoms with E-state index >= 15 is 0 Å². The SMILES string of the molecule is CC1(C)OB(c2ccc(C[C@@H](NC(=O)CNC(=O)OCc3ccccc3)C(=O)O)cc2)OC1(C)C. The van der Waals surface area contributed by atoms with Gasteiger partial charge >= 0.3 is 19.2 Å². The number of carboxylic acid groups (broad SMARTS) is 1. The lowest BCUT2D eigenvalue weighted by Gasteiger charge is -2.32. The van der Waals surface area contributed by atoms with Crippen molar-refractivity contribution in [3.63, 3.8) is 0 Å². The molecule has 9 nitrogen and oxygen atoms in total. The summed E-state index contributed by atoms with van der Waals surface area (Å²) in [6.45, 7) is 7.55. The summed E-state index contributed by atoms with van der Waals surface area (Å²) in [5, 5.41) is 14.3. The molecule has 3 rings (SSSR count). The predicted octanol–water partition coefficient (Wildman–Crippen LogP) is 2.02. The molecule has 186 valence electrons. The number of hydrogen-bond donors (Lipinski definition) is 3. The molecule has 0 aliphatic carbocycles. The number of carbonyl (C=O) groups excluding carboxylic acids is 2. The van der Waals surface area contributed by atoms with E-state index in [0.29, 0.717) is 5.56 Å². The fraction of sp³-hybridized carbons (Fsp3) is 0.400. The van der Waals surface area contributed by atoms with E-state index in [1.807, 2.05) is 58.0 Å². The molecule has 0 saturated carbocycles. The first-order valence-electron chi connectivity index (χ1n) is 11.4. The van der Waals surface area contributed by atoms with Crippen molar-refractivity contribution in [2.24, 2.45) is 0 Å². The highest BCUT2D eigenvalue weighted by molar-refractivity contribution is 6.62. The maximum atomic E-state index is 12.2. The Morgan fingerprint density at radius 1 is 0.943 bits per heavy atom. The van der Waals surface area contributed by atoms with Crippen molar-refractivity contribution in [3.05, 3.63) is 65.7 Å². The van der Waals surface area contributed by atoms with Crippen LogP contribution in [0.4, 0.5) is 4.79 Å². The topological polar surface area (TPSA) is 123 Å².